The van der Waals surface area contributed by atoms with Crippen molar-refractivity contribution in [2.45, 2.75) is 13.0 Å². The Balaban J connectivity index is 1.54. The molecule has 0 spiro atoms. The Morgan fingerprint density at radius 3 is 2.79 bits per heavy atom. The van der Waals surface area contributed by atoms with E-state index in [-0.39, 0.29) is 0 Å². The molecule has 6 heteroatoms. The van der Waals surface area contributed by atoms with E-state index in [0.29, 0.717) is 0 Å². The first-order valence-electron chi connectivity index (χ1n) is 7.99. The lowest BCUT2D eigenvalue weighted by atomic mass is 10.2. The van der Waals surface area contributed by atoms with Crippen LogP contribution in [0.25, 0.3) is 16.9 Å². The van der Waals surface area contributed by atoms with Crippen LogP contribution in [-0.4, -0.2) is 30.5 Å². The maximum Gasteiger partial charge on any atom is 0.180 e. The molecule has 0 aliphatic rings. The minimum Gasteiger partial charge on any atom is -0.367 e. The van der Waals surface area contributed by atoms with E-state index in [1.54, 1.807) is 12.4 Å². The molecule has 1 N–H and O–H groups in total. The molecule has 0 aliphatic heterocycles. The molecule has 0 amide bonds. The minimum absolute atomic E-state index is 0.812. The van der Waals surface area contributed by atoms with Crippen LogP contribution in [0, 0.1) is 0 Å². The van der Waals surface area contributed by atoms with Gasteiger partial charge in [0, 0.05) is 49.6 Å². The van der Waals surface area contributed by atoms with Crippen LogP contribution in [0.15, 0.2) is 67.6 Å². The molecule has 0 unspecified atom stereocenters. The number of aromatic nitrogens is 5. The molecular weight excluding hydrogens is 300 g/mol. The number of anilines is 1. The summed E-state index contributed by atoms with van der Waals surface area (Å²) in [4.78, 5) is 13.2. The Kier molecular flexibility index (Phi) is 3.93. The summed E-state index contributed by atoms with van der Waals surface area (Å²) in [5.41, 5.74) is 2.87. The summed E-state index contributed by atoms with van der Waals surface area (Å²) in [5.74, 6) is 0.812. The van der Waals surface area contributed by atoms with Crippen LogP contribution in [0.5, 0.6) is 0 Å². The van der Waals surface area contributed by atoms with Gasteiger partial charge in [0.05, 0.1) is 12.0 Å². The Morgan fingerprint density at radius 2 is 1.96 bits per heavy atom. The second-order valence-corrected chi connectivity index (χ2v) is 5.58. The van der Waals surface area contributed by atoms with E-state index in [4.69, 9.17) is 4.98 Å². The predicted molar refractivity (Wildman–Crippen MR) is 93.8 cm³/mol. The van der Waals surface area contributed by atoms with E-state index in [2.05, 4.69) is 32.0 Å². The lowest BCUT2D eigenvalue weighted by molar-refractivity contribution is 0.660. The van der Waals surface area contributed by atoms with Crippen molar-refractivity contribution < 1.29 is 0 Å². The molecule has 0 saturated heterocycles. The molecule has 0 bridgehead atoms. The SMILES string of the molecule is c1ccc(-c2cn3ccnc3c(NCCCn3ccnc3)n2)cc1. The molecule has 4 aromatic rings. The number of aryl methyl sites for hydroxylation is 1. The van der Waals surface area contributed by atoms with Crippen molar-refractivity contribution in [3.63, 3.8) is 0 Å². The molecule has 0 fully saturated rings. The van der Waals surface area contributed by atoms with Crippen LogP contribution in [0.2, 0.25) is 0 Å². The molecule has 0 atom stereocenters. The number of imidazole rings is 2. The van der Waals surface area contributed by atoms with Gasteiger partial charge in [0.15, 0.2) is 11.5 Å². The Labute approximate surface area is 139 Å². The highest BCUT2D eigenvalue weighted by Crippen LogP contribution is 2.21. The van der Waals surface area contributed by atoms with Gasteiger partial charge in [0.1, 0.15) is 0 Å². The lowest BCUT2D eigenvalue weighted by Gasteiger charge is -2.10. The van der Waals surface area contributed by atoms with Crippen molar-refractivity contribution in [1.29, 1.82) is 0 Å². The van der Waals surface area contributed by atoms with Gasteiger partial charge in [-0.1, -0.05) is 30.3 Å². The summed E-state index contributed by atoms with van der Waals surface area (Å²) in [6.07, 6.45) is 12.3. The van der Waals surface area contributed by atoms with Crippen LogP contribution in [0.4, 0.5) is 5.82 Å². The van der Waals surface area contributed by atoms with Gasteiger partial charge in [-0.2, -0.15) is 0 Å². The highest BCUT2D eigenvalue weighted by molar-refractivity contribution is 5.69. The third-order valence-corrected chi connectivity index (χ3v) is 3.89. The summed E-state index contributed by atoms with van der Waals surface area (Å²) in [6.45, 7) is 1.75. The number of fused-ring (bicyclic) bond motifs is 1. The fourth-order valence-corrected chi connectivity index (χ4v) is 2.69. The van der Waals surface area contributed by atoms with Crippen LogP contribution in [-0.2, 0) is 6.54 Å². The molecule has 4 rings (SSSR count). The highest BCUT2D eigenvalue weighted by atomic mass is 15.1. The first-order valence-corrected chi connectivity index (χ1v) is 7.99. The molecule has 24 heavy (non-hydrogen) atoms. The monoisotopic (exact) mass is 318 g/mol. The van der Waals surface area contributed by atoms with E-state index < -0.39 is 0 Å². The maximum atomic E-state index is 4.76. The van der Waals surface area contributed by atoms with Crippen molar-refractivity contribution in [1.82, 2.24) is 23.9 Å². The van der Waals surface area contributed by atoms with Crippen LogP contribution in [0.3, 0.4) is 0 Å². The lowest BCUT2D eigenvalue weighted by Crippen LogP contribution is -2.09. The van der Waals surface area contributed by atoms with Gasteiger partial charge >= 0.3 is 0 Å². The first-order chi connectivity index (χ1) is 11.9. The topological polar surface area (TPSA) is 60.0 Å². The van der Waals surface area contributed by atoms with Gasteiger partial charge in [0.2, 0.25) is 0 Å². The third-order valence-electron chi connectivity index (χ3n) is 3.89. The normalized spacial score (nSPS) is 11.0. The van der Waals surface area contributed by atoms with Crippen molar-refractivity contribution in [3.8, 4) is 11.3 Å². The minimum atomic E-state index is 0.812. The number of hydrogen-bond acceptors (Lipinski definition) is 4. The van der Waals surface area contributed by atoms with E-state index in [1.165, 1.54) is 0 Å². The molecule has 120 valence electrons. The number of benzene rings is 1. The van der Waals surface area contributed by atoms with Crippen LogP contribution >= 0.6 is 0 Å². The zero-order chi connectivity index (χ0) is 16.2. The van der Waals surface area contributed by atoms with E-state index >= 15 is 0 Å². The molecule has 0 aliphatic carbocycles. The fourth-order valence-electron chi connectivity index (χ4n) is 2.69. The van der Waals surface area contributed by atoms with Gasteiger partial charge < -0.3 is 14.3 Å². The molecule has 6 nitrogen and oxygen atoms in total. The Hall–Kier alpha value is -3.15. The number of hydrogen-bond donors (Lipinski definition) is 1. The molecule has 3 heterocycles. The average Bonchev–Trinajstić information content (AvgIpc) is 3.30. The number of rotatable bonds is 6. The first kappa shape index (κ1) is 14.4. The number of nitrogens with one attached hydrogen (secondary N) is 1. The smallest absolute Gasteiger partial charge is 0.180 e. The fraction of sp³-hybridized carbons (Fsp3) is 0.167. The van der Waals surface area contributed by atoms with Crippen molar-refractivity contribution in [2.24, 2.45) is 0 Å². The number of nitrogens with zero attached hydrogens (tertiary/aromatic N) is 5. The molecule has 3 aromatic heterocycles. The Bertz CT molecular complexity index is 911. The highest BCUT2D eigenvalue weighted by Gasteiger charge is 2.08. The molecule has 0 radical (unpaired) electrons. The van der Waals surface area contributed by atoms with Gasteiger partial charge in [-0.05, 0) is 6.42 Å². The quantitative estimate of drug-likeness (QED) is 0.555. The molecule has 1 aromatic carbocycles. The van der Waals surface area contributed by atoms with E-state index in [9.17, 15) is 0 Å². The van der Waals surface area contributed by atoms with Crippen LogP contribution < -0.4 is 5.32 Å². The van der Waals surface area contributed by atoms with Gasteiger partial charge in [-0.3, -0.25) is 0 Å². The zero-order valence-electron chi connectivity index (χ0n) is 13.2. The predicted octanol–water partition coefficient (Wildman–Crippen LogP) is 3.10. The summed E-state index contributed by atoms with van der Waals surface area (Å²) >= 11 is 0. The second-order valence-electron chi connectivity index (χ2n) is 5.58. The van der Waals surface area contributed by atoms with Crippen molar-refractivity contribution in [2.75, 3.05) is 11.9 Å². The van der Waals surface area contributed by atoms with Crippen molar-refractivity contribution >= 4 is 11.5 Å². The van der Waals surface area contributed by atoms with E-state index in [1.807, 2.05) is 47.5 Å². The van der Waals surface area contributed by atoms with E-state index in [0.717, 1.165) is 42.2 Å². The van der Waals surface area contributed by atoms with Crippen molar-refractivity contribution in [3.05, 3.63) is 67.6 Å². The summed E-state index contributed by atoms with van der Waals surface area (Å²) in [6, 6.07) is 10.2. The van der Waals surface area contributed by atoms with Gasteiger partial charge in [0.25, 0.3) is 0 Å². The van der Waals surface area contributed by atoms with Crippen LogP contribution in [0.1, 0.15) is 6.42 Å². The summed E-state index contributed by atoms with van der Waals surface area (Å²) < 4.78 is 4.08. The van der Waals surface area contributed by atoms with Gasteiger partial charge in [-0.25, -0.2) is 15.0 Å². The zero-order valence-corrected chi connectivity index (χ0v) is 13.2. The second kappa shape index (κ2) is 6.54. The molecular formula is C18H18N6. The third kappa shape index (κ3) is 2.99. The maximum absolute atomic E-state index is 4.76. The Morgan fingerprint density at radius 1 is 1.04 bits per heavy atom. The standard InChI is InChI=1S/C18H18N6/c1-2-5-15(6-3-1)16-13-24-12-9-21-18(24)17(22-16)20-7-4-10-23-11-8-19-14-23/h1-3,5-6,8-9,11-14H,4,7,10H2,(H,20,22). The van der Waals surface area contributed by atoms with Gasteiger partial charge in [-0.15, -0.1) is 0 Å². The average molecular weight is 318 g/mol. The summed E-state index contributed by atoms with van der Waals surface area (Å²) in [7, 11) is 0. The summed E-state index contributed by atoms with van der Waals surface area (Å²) in [5, 5.41) is 3.42. The largest absolute Gasteiger partial charge is 0.367 e. The molecule has 0 saturated carbocycles.